The first kappa shape index (κ1) is 37.6. The zero-order valence-corrected chi connectivity index (χ0v) is 32.3. The van der Waals surface area contributed by atoms with E-state index in [2.05, 4.69) is 32.1 Å². The maximum Gasteiger partial charge on any atom is 0.303 e. The smallest absolute Gasteiger partial charge is 0.303 e. The summed E-state index contributed by atoms with van der Waals surface area (Å²) in [5, 5.41) is 0. The van der Waals surface area contributed by atoms with Crippen LogP contribution in [0, 0.1) is 44.3 Å². The van der Waals surface area contributed by atoms with Crippen molar-refractivity contribution in [3.63, 3.8) is 0 Å². The molecule has 3 N–H and O–H groups in total. The van der Waals surface area contributed by atoms with Crippen LogP contribution in [0.5, 0.6) is 0 Å². The third-order valence-corrected chi connectivity index (χ3v) is 16.8. The van der Waals surface area contributed by atoms with Gasteiger partial charge in [0.25, 0.3) is 0 Å². The molecule has 2 heterocycles. The van der Waals surface area contributed by atoms with Crippen LogP contribution in [0.15, 0.2) is 12.7 Å². The number of hydrogen-bond donors (Lipinski definition) is 2. The molecule has 0 aromatic rings. The van der Waals surface area contributed by atoms with E-state index in [4.69, 9.17) is 5.73 Å². The molecule has 2 spiro atoms. The van der Waals surface area contributed by atoms with Crippen LogP contribution in [-0.2, 0) is 29.4 Å². The molecule has 2 aliphatic heterocycles. The van der Waals surface area contributed by atoms with Gasteiger partial charge in [-0.2, -0.15) is 12.7 Å². The van der Waals surface area contributed by atoms with Crippen molar-refractivity contribution in [2.45, 2.75) is 144 Å². The highest BCUT2D eigenvalue weighted by Gasteiger charge is 2.85. The van der Waals surface area contributed by atoms with Gasteiger partial charge in [0.05, 0.1) is 17.5 Å². The molecule has 2 saturated heterocycles. The molecule has 0 unspecified atom stereocenters. The second kappa shape index (κ2) is 12.5. The highest BCUT2D eigenvalue weighted by atomic mass is 32.2. The third-order valence-electron chi connectivity index (χ3n) is 15.3. The second-order valence-corrected chi connectivity index (χ2v) is 20.7. The van der Waals surface area contributed by atoms with Crippen molar-refractivity contribution in [1.29, 1.82) is 0 Å². The number of nitrogens with one attached hydrogen (secondary N) is 1. The molecule has 0 radical (unpaired) electrons. The van der Waals surface area contributed by atoms with Gasteiger partial charge >= 0.3 is 10.2 Å². The molecular weight excluding hydrogens is 653 g/mol. The number of rotatable bonds is 12. The molecule has 4 saturated carbocycles. The highest BCUT2D eigenvalue weighted by molar-refractivity contribution is 7.87. The number of fused-ring (bicyclic) bond motifs is 1. The van der Waals surface area contributed by atoms with Crippen LogP contribution < -0.4 is 10.5 Å². The first-order valence-electron chi connectivity index (χ1n) is 19.3. The molecule has 4 aliphatic carbocycles. The molecule has 11 heteroatoms. The van der Waals surface area contributed by atoms with Gasteiger partial charge in [-0.1, -0.05) is 73.3 Å². The molecule has 6 atom stereocenters. The number of Topliss-reactive ketones (excluding diaryl/α,β-unsaturated/α-hetero) is 2. The van der Waals surface area contributed by atoms with E-state index in [1.54, 1.807) is 11.0 Å². The molecule has 10 nitrogen and oxygen atoms in total. The monoisotopic (exact) mass is 714 g/mol. The molecule has 0 aromatic carbocycles. The summed E-state index contributed by atoms with van der Waals surface area (Å²) in [7, 11) is -4.03. The Kier molecular flexibility index (Phi) is 9.41. The van der Waals surface area contributed by atoms with Gasteiger partial charge in [0.15, 0.2) is 11.6 Å². The van der Waals surface area contributed by atoms with Crippen molar-refractivity contribution in [3.05, 3.63) is 12.7 Å². The Morgan fingerprint density at radius 3 is 2.04 bits per heavy atom. The quantitative estimate of drug-likeness (QED) is 0.261. The van der Waals surface area contributed by atoms with Crippen LogP contribution in [0.25, 0.3) is 0 Å². The summed E-state index contributed by atoms with van der Waals surface area (Å²) in [5.74, 6) is -2.16. The summed E-state index contributed by atoms with van der Waals surface area (Å²) in [6, 6.07) is -1.40. The summed E-state index contributed by atoms with van der Waals surface area (Å²) in [4.78, 5) is 59.0. The van der Waals surface area contributed by atoms with Crippen LogP contribution in [0.2, 0.25) is 0 Å². The summed E-state index contributed by atoms with van der Waals surface area (Å²) in [6.45, 7) is 17.6. The number of ketones is 2. The minimum atomic E-state index is -4.03. The first-order chi connectivity index (χ1) is 23.2. The first-order valence-corrected chi connectivity index (χ1v) is 20.7. The molecular formula is C39H62N4O6S. The normalized spacial score (nSPS) is 33.8. The predicted molar refractivity (Wildman–Crippen MR) is 193 cm³/mol. The molecule has 2 amide bonds. The van der Waals surface area contributed by atoms with Gasteiger partial charge in [-0.05, 0) is 78.9 Å². The zero-order chi connectivity index (χ0) is 36.7. The molecule has 6 aliphatic rings. The Labute approximate surface area is 300 Å². The second-order valence-electron chi connectivity index (χ2n) is 19.0. The number of amides is 2. The van der Waals surface area contributed by atoms with Gasteiger partial charge in [0.2, 0.25) is 11.8 Å². The summed E-state index contributed by atoms with van der Waals surface area (Å²) in [6.07, 6.45) is 12.1. The number of hydrogen-bond acceptors (Lipinski definition) is 7. The number of nitrogens with two attached hydrogens (primary N) is 1. The van der Waals surface area contributed by atoms with E-state index in [0.29, 0.717) is 32.5 Å². The van der Waals surface area contributed by atoms with E-state index in [9.17, 15) is 27.6 Å². The molecule has 280 valence electrons. The Hall–Kier alpha value is -2.11. The number of carbonyl (C=O) groups is 4. The number of allylic oxidation sites excluding steroid dienone is 1. The molecule has 50 heavy (non-hydrogen) atoms. The van der Waals surface area contributed by atoms with Gasteiger partial charge in [-0.25, -0.2) is 4.72 Å². The Morgan fingerprint density at radius 1 is 0.920 bits per heavy atom. The Morgan fingerprint density at radius 2 is 1.54 bits per heavy atom. The fourth-order valence-electron chi connectivity index (χ4n) is 11.3. The summed E-state index contributed by atoms with van der Waals surface area (Å²) >= 11 is 0. The van der Waals surface area contributed by atoms with E-state index in [0.717, 1.165) is 64.2 Å². The number of likely N-dealkylation sites (tertiary alicyclic amines) is 1. The molecule has 0 bridgehead atoms. The van der Waals surface area contributed by atoms with Gasteiger partial charge < -0.3 is 10.6 Å². The van der Waals surface area contributed by atoms with E-state index in [1.165, 1.54) is 4.31 Å². The van der Waals surface area contributed by atoms with Crippen LogP contribution in [-0.4, -0.2) is 72.7 Å². The maximum atomic E-state index is 14.9. The molecule has 6 fully saturated rings. The average molecular weight is 715 g/mol. The minimum Gasteiger partial charge on any atom is -0.332 e. The van der Waals surface area contributed by atoms with Gasteiger partial charge in [-0.15, -0.1) is 6.58 Å². The van der Waals surface area contributed by atoms with Crippen LogP contribution >= 0.6 is 0 Å². The average Bonchev–Trinajstić information content (AvgIpc) is 3.49. The minimum absolute atomic E-state index is 0.0251. The predicted octanol–water partition coefficient (Wildman–Crippen LogP) is 5.31. The van der Waals surface area contributed by atoms with Crippen LogP contribution in [0.1, 0.15) is 131 Å². The lowest BCUT2D eigenvalue weighted by Gasteiger charge is -2.40. The van der Waals surface area contributed by atoms with Crippen molar-refractivity contribution in [2.75, 3.05) is 19.6 Å². The Bertz CT molecular complexity index is 1530. The maximum absolute atomic E-state index is 14.9. The van der Waals surface area contributed by atoms with Crippen molar-refractivity contribution in [3.8, 4) is 0 Å². The highest BCUT2D eigenvalue weighted by Crippen LogP contribution is 2.88. The van der Waals surface area contributed by atoms with Gasteiger partial charge in [0, 0.05) is 43.8 Å². The van der Waals surface area contributed by atoms with Gasteiger partial charge in [0.1, 0.15) is 0 Å². The fourth-order valence-corrected chi connectivity index (χ4v) is 12.6. The number of carbonyl (C=O) groups excluding carboxylic acids is 4. The topological polar surface area (TPSA) is 147 Å². The third kappa shape index (κ3) is 5.74. The van der Waals surface area contributed by atoms with Crippen LogP contribution in [0.3, 0.4) is 0 Å². The fraction of sp³-hybridized carbons (Fsp3) is 0.846. The SMILES string of the molecule is C=C[C@@H]1C[C@]1(CC(=O)[C@@H]1C[C@@]2(CN1C(=O)[C@@H](CC(=O)[C@@H](N)C1(C)CCCCC1)C(C)(C)C)C(C)(C)C21CCC1)C(=O)NS(=O)(=O)N1CCCC1. The van der Waals surface area contributed by atoms with Gasteiger partial charge in [-0.3, -0.25) is 19.2 Å². The van der Waals surface area contributed by atoms with Crippen molar-refractivity contribution in [2.24, 2.45) is 50.1 Å². The van der Waals surface area contributed by atoms with Crippen molar-refractivity contribution >= 4 is 33.6 Å². The molecule has 6 rings (SSSR count). The summed E-state index contributed by atoms with van der Waals surface area (Å²) < 4.78 is 29.8. The zero-order valence-electron chi connectivity index (χ0n) is 31.4. The standard InChI is InChI=1S/C39H62N4O6S/c1-8-26-22-37(26,33(47)41-50(48,49)42-19-12-13-20-42)24-30(45)28-23-39(35(5,6)38(39)17-14-18-38)25-43(28)32(46)27(34(2,3)4)21-29(44)31(40)36(7)15-10-9-11-16-36/h8,26-28,31H,1,9-25,40H2,2-7H3,(H,41,47)/t26-,27-,28+,31-,37-,39-/m1/s1. The van der Waals surface area contributed by atoms with Crippen LogP contribution in [0.4, 0.5) is 0 Å². The lowest BCUT2D eigenvalue weighted by molar-refractivity contribution is -0.147. The Balaban J connectivity index is 1.27. The number of nitrogens with zero attached hydrogens (tertiary/aromatic N) is 2. The van der Waals surface area contributed by atoms with Crippen molar-refractivity contribution in [1.82, 2.24) is 13.9 Å². The lowest BCUT2D eigenvalue weighted by atomic mass is 9.67. The largest absolute Gasteiger partial charge is 0.332 e. The van der Waals surface area contributed by atoms with E-state index >= 15 is 0 Å². The lowest BCUT2D eigenvalue weighted by Crippen LogP contribution is -2.51. The van der Waals surface area contributed by atoms with E-state index in [-0.39, 0.29) is 57.9 Å². The van der Waals surface area contributed by atoms with E-state index in [1.807, 2.05) is 20.8 Å². The van der Waals surface area contributed by atoms with E-state index < -0.39 is 44.9 Å². The molecule has 0 aromatic heterocycles. The van der Waals surface area contributed by atoms with Crippen molar-refractivity contribution < 1.29 is 27.6 Å². The summed E-state index contributed by atoms with van der Waals surface area (Å²) in [5.41, 5.74) is 4.42.